The van der Waals surface area contributed by atoms with E-state index in [0.717, 1.165) is 24.9 Å². The average Bonchev–Trinajstić information content (AvgIpc) is 2.24. The highest BCUT2D eigenvalue weighted by atomic mass is 32.2. The van der Waals surface area contributed by atoms with Crippen molar-refractivity contribution in [2.75, 3.05) is 18.1 Å². The summed E-state index contributed by atoms with van der Waals surface area (Å²) in [4.78, 5) is 1.27. The Morgan fingerprint density at radius 2 is 2.00 bits per heavy atom. The maximum atomic E-state index is 9.91. The van der Waals surface area contributed by atoms with Crippen LogP contribution in [0.25, 0.3) is 0 Å². The van der Waals surface area contributed by atoms with Crippen LogP contribution in [0.4, 0.5) is 5.69 Å². The molecule has 0 unspecified atom stereocenters. The normalized spacial score (nSPS) is 18.3. The number of nitrogens with one attached hydrogen (secondary N) is 1. The molecule has 1 aliphatic carbocycles. The fourth-order valence-electron chi connectivity index (χ4n) is 1.74. The van der Waals surface area contributed by atoms with E-state index in [1.165, 1.54) is 4.90 Å². The van der Waals surface area contributed by atoms with Gasteiger partial charge in [0.2, 0.25) is 0 Å². The van der Waals surface area contributed by atoms with Crippen LogP contribution in [0.1, 0.15) is 19.3 Å². The Bertz CT molecular complexity index is 319. The smallest absolute Gasteiger partial charge is 0.0819 e. The first-order chi connectivity index (χ1) is 7.22. The van der Waals surface area contributed by atoms with Crippen molar-refractivity contribution in [2.45, 2.75) is 29.8 Å². The number of aliphatic hydroxyl groups is 1. The predicted molar refractivity (Wildman–Crippen MR) is 65.5 cm³/mol. The van der Waals surface area contributed by atoms with Gasteiger partial charge in [0.1, 0.15) is 0 Å². The van der Waals surface area contributed by atoms with Crippen molar-refractivity contribution in [1.82, 2.24) is 0 Å². The zero-order valence-electron chi connectivity index (χ0n) is 8.99. The molecule has 0 spiro atoms. The SMILES string of the molecule is CSc1ccc(NCC2(O)CCC2)cc1. The Hall–Kier alpha value is -0.670. The summed E-state index contributed by atoms with van der Waals surface area (Å²) in [6.45, 7) is 0.672. The first-order valence-electron chi connectivity index (χ1n) is 5.32. The third-order valence-electron chi connectivity index (χ3n) is 3.00. The number of hydrogen-bond acceptors (Lipinski definition) is 3. The molecule has 0 heterocycles. The molecule has 0 bridgehead atoms. The Morgan fingerprint density at radius 3 is 2.47 bits per heavy atom. The highest BCUT2D eigenvalue weighted by molar-refractivity contribution is 7.98. The molecule has 0 radical (unpaired) electrons. The Labute approximate surface area is 95.1 Å². The van der Waals surface area contributed by atoms with Crippen molar-refractivity contribution in [3.05, 3.63) is 24.3 Å². The number of hydrogen-bond donors (Lipinski definition) is 2. The number of benzene rings is 1. The van der Waals surface area contributed by atoms with Gasteiger partial charge in [-0.15, -0.1) is 11.8 Å². The monoisotopic (exact) mass is 223 g/mol. The van der Waals surface area contributed by atoms with E-state index >= 15 is 0 Å². The number of rotatable bonds is 4. The fourth-order valence-corrected chi connectivity index (χ4v) is 2.15. The van der Waals surface area contributed by atoms with E-state index in [4.69, 9.17) is 0 Å². The Balaban J connectivity index is 1.87. The van der Waals surface area contributed by atoms with Crippen LogP contribution >= 0.6 is 11.8 Å². The minimum atomic E-state index is -0.446. The first kappa shape index (κ1) is 10.8. The molecule has 1 aliphatic rings. The molecule has 0 aromatic heterocycles. The molecule has 0 saturated heterocycles. The second-order valence-electron chi connectivity index (χ2n) is 4.16. The lowest BCUT2D eigenvalue weighted by Crippen LogP contribution is -2.43. The van der Waals surface area contributed by atoms with E-state index < -0.39 is 5.60 Å². The average molecular weight is 223 g/mol. The Morgan fingerprint density at radius 1 is 1.33 bits per heavy atom. The van der Waals surface area contributed by atoms with Crippen LogP contribution in [-0.2, 0) is 0 Å². The van der Waals surface area contributed by atoms with Gasteiger partial charge in [0.05, 0.1) is 5.60 Å². The second kappa shape index (κ2) is 4.45. The van der Waals surface area contributed by atoms with Crippen LogP contribution in [0, 0.1) is 0 Å². The summed E-state index contributed by atoms with van der Waals surface area (Å²) in [6.07, 6.45) is 5.09. The van der Waals surface area contributed by atoms with Gasteiger partial charge in [-0.05, 0) is 49.8 Å². The van der Waals surface area contributed by atoms with Crippen molar-refractivity contribution in [2.24, 2.45) is 0 Å². The lowest BCUT2D eigenvalue weighted by atomic mass is 9.80. The van der Waals surface area contributed by atoms with Crippen LogP contribution in [0.2, 0.25) is 0 Å². The van der Waals surface area contributed by atoms with E-state index in [1.807, 2.05) is 0 Å². The van der Waals surface area contributed by atoms with Gasteiger partial charge in [-0.25, -0.2) is 0 Å². The third kappa shape index (κ3) is 2.67. The number of thioether (sulfide) groups is 1. The van der Waals surface area contributed by atoms with Crippen LogP contribution in [0.3, 0.4) is 0 Å². The first-order valence-corrected chi connectivity index (χ1v) is 6.55. The van der Waals surface area contributed by atoms with Crippen molar-refractivity contribution in [3.8, 4) is 0 Å². The lowest BCUT2D eigenvalue weighted by molar-refractivity contribution is -0.0201. The van der Waals surface area contributed by atoms with E-state index in [9.17, 15) is 5.11 Å². The summed E-state index contributed by atoms with van der Waals surface area (Å²) < 4.78 is 0. The quantitative estimate of drug-likeness (QED) is 0.770. The molecule has 2 rings (SSSR count). The summed E-state index contributed by atoms with van der Waals surface area (Å²) in [5.74, 6) is 0. The van der Waals surface area contributed by atoms with Gasteiger partial charge in [0, 0.05) is 17.1 Å². The molecule has 1 saturated carbocycles. The Kier molecular flexibility index (Phi) is 3.22. The second-order valence-corrected chi connectivity index (χ2v) is 5.04. The van der Waals surface area contributed by atoms with Crippen molar-refractivity contribution < 1.29 is 5.11 Å². The van der Waals surface area contributed by atoms with E-state index in [1.54, 1.807) is 11.8 Å². The van der Waals surface area contributed by atoms with Gasteiger partial charge in [0.25, 0.3) is 0 Å². The molecule has 1 aromatic rings. The summed E-state index contributed by atoms with van der Waals surface area (Å²) in [6, 6.07) is 8.32. The maximum Gasteiger partial charge on any atom is 0.0819 e. The highest BCUT2D eigenvalue weighted by Gasteiger charge is 2.33. The van der Waals surface area contributed by atoms with Crippen LogP contribution in [0.15, 0.2) is 29.2 Å². The fraction of sp³-hybridized carbons (Fsp3) is 0.500. The molecular weight excluding hydrogens is 206 g/mol. The molecule has 0 aliphatic heterocycles. The zero-order valence-corrected chi connectivity index (χ0v) is 9.81. The van der Waals surface area contributed by atoms with E-state index in [0.29, 0.717) is 6.54 Å². The summed E-state index contributed by atoms with van der Waals surface area (Å²) >= 11 is 1.74. The van der Waals surface area contributed by atoms with Crippen LogP contribution in [-0.4, -0.2) is 23.5 Å². The molecule has 1 aromatic carbocycles. The van der Waals surface area contributed by atoms with Crippen molar-refractivity contribution in [3.63, 3.8) is 0 Å². The van der Waals surface area contributed by atoms with Gasteiger partial charge < -0.3 is 10.4 Å². The molecule has 82 valence electrons. The van der Waals surface area contributed by atoms with Crippen LogP contribution < -0.4 is 5.32 Å². The van der Waals surface area contributed by atoms with Crippen molar-refractivity contribution in [1.29, 1.82) is 0 Å². The van der Waals surface area contributed by atoms with Crippen LogP contribution in [0.5, 0.6) is 0 Å². The molecule has 2 N–H and O–H groups in total. The molecule has 15 heavy (non-hydrogen) atoms. The predicted octanol–water partition coefficient (Wildman–Crippen LogP) is 2.74. The van der Waals surface area contributed by atoms with E-state index in [-0.39, 0.29) is 0 Å². The van der Waals surface area contributed by atoms with E-state index in [2.05, 4.69) is 35.8 Å². The summed E-state index contributed by atoms with van der Waals surface area (Å²) in [5.41, 5.74) is 0.645. The van der Waals surface area contributed by atoms with Gasteiger partial charge in [-0.1, -0.05) is 0 Å². The van der Waals surface area contributed by atoms with Gasteiger partial charge in [-0.3, -0.25) is 0 Å². The van der Waals surface area contributed by atoms with Gasteiger partial charge in [0.15, 0.2) is 0 Å². The minimum Gasteiger partial charge on any atom is -0.388 e. The molecular formula is C12H17NOS. The zero-order chi connectivity index (χ0) is 10.7. The summed E-state index contributed by atoms with van der Waals surface area (Å²) in [5, 5.41) is 13.2. The summed E-state index contributed by atoms with van der Waals surface area (Å²) in [7, 11) is 0. The third-order valence-corrected chi connectivity index (χ3v) is 3.74. The van der Waals surface area contributed by atoms with Gasteiger partial charge in [-0.2, -0.15) is 0 Å². The number of anilines is 1. The minimum absolute atomic E-state index is 0.446. The largest absolute Gasteiger partial charge is 0.388 e. The highest BCUT2D eigenvalue weighted by Crippen LogP contribution is 2.31. The lowest BCUT2D eigenvalue weighted by Gasteiger charge is -2.36. The topological polar surface area (TPSA) is 32.3 Å². The standard InChI is InChI=1S/C12H17NOS/c1-15-11-5-3-10(4-6-11)13-9-12(14)7-2-8-12/h3-6,13-14H,2,7-9H2,1H3. The molecule has 0 amide bonds. The molecule has 0 atom stereocenters. The van der Waals surface area contributed by atoms with Gasteiger partial charge >= 0.3 is 0 Å². The molecule has 3 heteroatoms. The maximum absolute atomic E-state index is 9.91. The molecule has 1 fully saturated rings. The van der Waals surface area contributed by atoms with Crippen molar-refractivity contribution >= 4 is 17.4 Å². The molecule has 2 nitrogen and oxygen atoms in total.